The molecule has 2 amide bonds. The normalized spacial score (nSPS) is 10.3. The second-order valence-electron chi connectivity index (χ2n) is 6.21. The quantitative estimate of drug-likeness (QED) is 0.744. The van der Waals surface area contributed by atoms with Crippen LogP contribution in [0.3, 0.4) is 0 Å². The largest absolute Gasteiger partial charge is 0.378 e. The third kappa shape index (κ3) is 6.41. The number of nitrogens with zero attached hydrogens (tertiary/aromatic N) is 1. The molecule has 0 aliphatic rings. The third-order valence-electron chi connectivity index (χ3n) is 3.92. The lowest BCUT2D eigenvalue weighted by Crippen LogP contribution is -2.32. The molecular formula is C20H24ClN3O2. The summed E-state index contributed by atoms with van der Waals surface area (Å²) in [4.78, 5) is 25.8. The van der Waals surface area contributed by atoms with Crippen LogP contribution in [0.2, 0.25) is 5.02 Å². The molecule has 26 heavy (non-hydrogen) atoms. The number of aryl methyl sites for hydroxylation is 1. The molecule has 0 aliphatic heterocycles. The van der Waals surface area contributed by atoms with E-state index < -0.39 is 0 Å². The Hall–Kier alpha value is -2.53. The van der Waals surface area contributed by atoms with Crippen molar-refractivity contribution in [2.75, 3.05) is 30.9 Å². The van der Waals surface area contributed by atoms with Gasteiger partial charge in [-0.3, -0.25) is 9.59 Å². The number of carbonyl (C=O) groups is 2. The van der Waals surface area contributed by atoms with Crippen LogP contribution in [-0.4, -0.2) is 32.5 Å². The molecule has 2 aromatic rings. The average Bonchev–Trinajstić information content (AvgIpc) is 2.62. The van der Waals surface area contributed by atoms with E-state index in [4.69, 9.17) is 11.6 Å². The Kier molecular flexibility index (Phi) is 7.48. The number of hydrogen-bond donors (Lipinski definition) is 2. The first kappa shape index (κ1) is 19.8. The highest BCUT2D eigenvalue weighted by atomic mass is 35.5. The predicted molar refractivity (Wildman–Crippen MR) is 107 cm³/mol. The smallest absolute Gasteiger partial charge is 0.243 e. The van der Waals surface area contributed by atoms with Crippen LogP contribution in [0.5, 0.6) is 0 Å². The lowest BCUT2D eigenvalue weighted by molar-refractivity contribution is -0.124. The van der Waals surface area contributed by atoms with Crippen molar-refractivity contribution in [3.05, 3.63) is 59.1 Å². The molecule has 5 nitrogen and oxygen atoms in total. The van der Waals surface area contributed by atoms with Gasteiger partial charge in [-0.2, -0.15) is 0 Å². The van der Waals surface area contributed by atoms with Gasteiger partial charge in [0, 0.05) is 36.9 Å². The van der Waals surface area contributed by atoms with E-state index in [2.05, 4.69) is 10.6 Å². The number of halogens is 1. The van der Waals surface area contributed by atoms with E-state index in [1.54, 1.807) is 0 Å². The summed E-state index contributed by atoms with van der Waals surface area (Å²) in [7, 11) is 3.91. The number of rotatable bonds is 8. The summed E-state index contributed by atoms with van der Waals surface area (Å²) in [5.74, 6) is -0.391. The predicted octanol–water partition coefficient (Wildman–Crippen LogP) is 3.48. The van der Waals surface area contributed by atoms with Gasteiger partial charge in [0.2, 0.25) is 11.8 Å². The molecule has 0 unspecified atom stereocenters. The van der Waals surface area contributed by atoms with Crippen LogP contribution in [0.25, 0.3) is 0 Å². The Morgan fingerprint density at radius 2 is 1.69 bits per heavy atom. The SMILES string of the molecule is CN(C)c1ccc(NC(=O)CNC(=O)CCCc2ccccc2Cl)cc1. The second-order valence-corrected chi connectivity index (χ2v) is 6.62. The standard InChI is InChI=1S/C20H24ClN3O2/c1-24(2)17-12-10-16(11-13-17)23-20(26)14-22-19(25)9-5-7-15-6-3-4-8-18(15)21/h3-4,6,8,10-13H,5,7,9,14H2,1-2H3,(H,22,25)(H,23,26). The molecule has 0 atom stereocenters. The molecule has 2 aromatic carbocycles. The maximum atomic E-state index is 11.9. The Balaban J connectivity index is 1.68. The topological polar surface area (TPSA) is 61.4 Å². The zero-order valence-electron chi connectivity index (χ0n) is 15.1. The molecule has 0 aromatic heterocycles. The van der Waals surface area contributed by atoms with Gasteiger partial charge in [-0.25, -0.2) is 0 Å². The maximum absolute atomic E-state index is 11.9. The fraction of sp³-hybridized carbons (Fsp3) is 0.300. The average molecular weight is 374 g/mol. The van der Waals surface area contributed by atoms with E-state index in [1.165, 1.54) is 0 Å². The zero-order chi connectivity index (χ0) is 18.9. The lowest BCUT2D eigenvalue weighted by atomic mass is 10.1. The van der Waals surface area contributed by atoms with Crippen LogP contribution in [0, 0.1) is 0 Å². The van der Waals surface area contributed by atoms with Gasteiger partial charge >= 0.3 is 0 Å². The van der Waals surface area contributed by atoms with Gasteiger partial charge in [0.15, 0.2) is 0 Å². The van der Waals surface area contributed by atoms with E-state index in [9.17, 15) is 9.59 Å². The highest BCUT2D eigenvalue weighted by Gasteiger charge is 2.07. The van der Waals surface area contributed by atoms with Crippen molar-refractivity contribution in [2.24, 2.45) is 0 Å². The molecule has 138 valence electrons. The molecule has 0 spiro atoms. The van der Waals surface area contributed by atoms with Crippen molar-refractivity contribution < 1.29 is 9.59 Å². The van der Waals surface area contributed by atoms with Crippen molar-refractivity contribution in [2.45, 2.75) is 19.3 Å². The number of nitrogens with one attached hydrogen (secondary N) is 2. The van der Waals surface area contributed by atoms with E-state index in [0.717, 1.165) is 17.7 Å². The fourth-order valence-electron chi connectivity index (χ4n) is 2.46. The lowest BCUT2D eigenvalue weighted by Gasteiger charge is -2.13. The van der Waals surface area contributed by atoms with Crippen molar-refractivity contribution in [3.8, 4) is 0 Å². The zero-order valence-corrected chi connectivity index (χ0v) is 15.8. The summed E-state index contributed by atoms with van der Waals surface area (Å²) in [6.45, 7) is -0.0413. The molecule has 0 fully saturated rings. The Morgan fingerprint density at radius 1 is 1.00 bits per heavy atom. The van der Waals surface area contributed by atoms with Crippen LogP contribution in [0.4, 0.5) is 11.4 Å². The van der Waals surface area contributed by atoms with Gasteiger partial charge in [0.1, 0.15) is 0 Å². The summed E-state index contributed by atoms with van der Waals surface area (Å²) in [5.41, 5.74) is 2.78. The van der Waals surface area contributed by atoms with E-state index >= 15 is 0 Å². The third-order valence-corrected chi connectivity index (χ3v) is 4.29. The van der Waals surface area contributed by atoms with Gasteiger partial charge in [0.25, 0.3) is 0 Å². The minimum Gasteiger partial charge on any atom is -0.378 e. The van der Waals surface area contributed by atoms with E-state index in [1.807, 2.05) is 67.5 Å². The maximum Gasteiger partial charge on any atom is 0.243 e. The highest BCUT2D eigenvalue weighted by molar-refractivity contribution is 6.31. The van der Waals surface area contributed by atoms with E-state index in [0.29, 0.717) is 23.6 Å². The van der Waals surface area contributed by atoms with Gasteiger partial charge in [-0.15, -0.1) is 0 Å². The van der Waals surface area contributed by atoms with Crippen molar-refractivity contribution in [3.63, 3.8) is 0 Å². The molecule has 0 aliphatic carbocycles. The first-order valence-corrected chi connectivity index (χ1v) is 8.91. The summed E-state index contributed by atoms with van der Waals surface area (Å²) < 4.78 is 0. The number of carbonyl (C=O) groups excluding carboxylic acids is 2. The molecule has 0 saturated carbocycles. The van der Waals surface area contributed by atoms with Gasteiger partial charge in [-0.05, 0) is 48.7 Å². The minimum absolute atomic E-state index is 0.0413. The first-order chi connectivity index (χ1) is 12.5. The summed E-state index contributed by atoms with van der Waals surface area (Å²) >= 11 is 6.09. The molecule has 0 radical (unpaired) electrons. The van der Waals surface area contributed by atoms with Crippen LogP contribution < -0.4 is 15.5 Å². The molecule has 0 saturated heterocycles. The molecule has 0 heterocycles. The van der Waals surface area contributed by atoms with E-state index in [-0.39, 0.29) is 18.4 Å². The number of amides is 2. The Labute approximate surface area is 159 Å². The Morgan fingerprint density at radius 3 is 2.35 bits per heavy atom. The van der Waals surface area contributed by atoms with Crippen LogP contribution >= 0.6 is 11.6 Å². The van der Waals surface area contributed by atoms with Gasteiger partial charge < -0.3 is 15.5 Å². The molecule has 2 N–H and O–H groups in total. The summed E-state index contributed by atoms with van der Waals surface area (Å²) in [6, 6.07) is 15.1. The monoisotopic (exact) mass is 373 g/mol. The number of benzene rings is 2. The number of anilines is 2. The van der Waals surface area contributed by atoms with Crippen molar-refractivity contribution in [1.82, 2.24) is 5.32 Å². The minimum atomic E-state index is -0.248. The fourth-order valence-corrected chi connectivity index (χ4v) is 2.69. The van der Waals surface area contributed by atoms with Crippen LogP contribution in [0.15, 0.2) is 48.5 Å². The van der Waals surface area contributed by atoms with Crippen LogP contribution in [-0.2, 0) is 16.0 Å². The first-order valence-electron chi connectivity index (χ1n) is 8.53. The van der Waals surface area contributed by atoms with Gasteiger partial charge in [-0.1, -0.05) is 29.8 Å². The molecule has 0 bridgehead atoms. The summed E-state index contributed by atoms with van der Waals surface area (Å²) in [5, 5.41) is 6.12. The van der Waals surface area contributed by atoms with Gasteiger partial charge in [0.05, 0.1) is 6.54 Å². The van der Waals surface area contributed by atoms with Crippen molar-refractivity contribution >= 4 is 34.8 Å². The Bertz CT molecular complexity index is 745. The van der Waals surface area contributed by atoms with Crippen LogP contribution in [0.1, 0.15) is 18.4 Å². The highest BCUT2D eigenvalue weighted by Crippen LogP contribution is 2.17. The van der Waals surface area contributed by atoms with Crippen molar-refractivity contribution in [1.29, 1.82) is 0 Å². The molecular weight excluding hydrogens is 350 g/mol. The summed E-state index contributed by atoms with van der Waals surface area (Å²) in [6.07, 6.45) is 1.77. The number of hydrogen-bond acceptors (Lipinski definition) is 3. The molecule has 2 rings (SSSR count). The second kappa shape index (κ2) is 9.82. The molecule has 6 heteroatoms.